The fourth-order valence-corrected chi connectivity index (χ4v) is 3.66. The second-order valence-electron chi connectivity index (χ2n) is 5.71. The molecule has 0 fully saturated rings. The quantitative estimate of drug-likeness (QED) is 0.719. The minimum Gasteiger partial charge on any atom is -0.458 e. The maximum absolute atomic E-state index is 12.2. The second kappa shape index (κ2) is 6.76. The van der Waals surface area contributed by atoms with E-state index in [-0.39, 0.29) is 17.9 Å². The molecule has 1 atom stereocenters. The Bertz CT molecular complexity index is 913. The van der Waals surface area contributed by atoms with Crippen LogP contribution in [0.25, 0.3) is 11.0 Å². The van der Waals surface area contributed by atoms with E-state index in [1.807, 2.05) is 37.3 Å². The van der Waals surface area contributed by atoms with Crippen molar-refractivity contribution in [1.82, 2.24) is 4.72 Å². The first-order valence-electron chi connectivity index (χ1n) is 7.68. The Labute approximate surface area is 141 Å². The van der Waals surface area contributed by atoms with Gasteiger partial charge < -0.3 is 9.52 Å². The summed E-state index contributed by atoms with van der Waals surface area (Å²) < 4.78 is 32.5. The zero-order chi connectivity index (χ0) is 17.2. The van der Waals surface area contributed by atoms with Gasteiger partial charge in [-0.2, -0.15) is 0 Å². The smallest absolute Gasteiger partial charge is 0.240 e. The first kappa shape index (κ1) is 16.7. The molecule has 0 aliphatic carbocycles. The average Bonchev–Trinajstić information content (AvgIpc) is 2.99. The van der Waals surface area contributed by atoms with Crippen LogP contribution in [0.1, 0.15) is 23.8 Å². The summed E-state index contributed by atoms with van der Waals surface area (Å²) in [6, 6.07) is 15.9. The van der Waals surface area contributed by atoms with Gasteiger partial charge in [-0.15, -0.1) is 0 Å². The number of hydrogen-bond acceptors (Lipinski definition) is 4. The normalized spacial score (nSPS) is 13.2. The van der Waals surface area contributed by atoms with Crippen LogP contribution < -0.4 is 4.72 Å². The molecule has 1 heterocycles. The fraction of sp³-hybridized carbons (Fsp3) is 0.222. The Hall–Kier alpha value is -2.15. The zero-order valence-corrected chi connectivity index (χ0v) is 14.1. The molecule has 1 aromatic heterocycles. The van der Waals surface area contributed by atoms with Crippen molar-refractivity contribution in [2.24, 2.45) is 0 Å². The van der Waals surface area contributed by atoms with E-state index in [2.05, 4.69) is 4.72 Å². The molecular weight excluding hydrogens is 326 g/mol. The highest BCUT2D eigenvalue weighted by Gasteiger charge is 2.17. The minimum absolute atomic E-state index is 0.120. The highest BCUT2D eigenvalue weighted by atomic mass is 32.2. The molecule has 0 saturated carbocycles. The van der Waals surface area contributed by atoms with E-state index < -0.39 is 16.1 Å². The third-order valence-corrected chi connectivity index (χ3v) is 5.24. The van der Waals surface area contributed by atoms with Crippen molar-refractivity contribution in [3.05, 3.63) is 65.9 Å². The molecule has 0 aliphatic rings. The highest BCUT2D eigenvalue weighted by Crippen LogP contribution is 2.25. The summed E-state index contributed by atoms with van der Waals surface area (Å²) in [6.07, 6.45) is -0.636. The van der Waals surface area contributed by atoms with Crippen LogP contribution in [0.4, 0.5) is 0 Å². The summed E-state index contributed by atoms with van der Waals surface area (Å²) in [7, 11) is -3.58. The molecule has 0 spiro atoms. The van der Waals surface area contributed by atoms with Gasteiger partial charge >= 0.3 is 0 Å². The van der Waals surface area contributed by atoms with E-state index in [1.165, 1.54) is 0 Å². The molecule has 2 N–H and O–H groups in total. The van der Waals surface area contributed by atoms with Gasteiger partial charge in [0.05, 0.1) is 4.90 Å². The Morgan fingerprint density at radius 3 is 2.67 bits per heavy atom. The molecule has 0 amide bonds. The number of sulfonamides is 1. The standard InChI is InChI=1S/C18H19NO4S/c1-13-5-4-7-15(11-13)24(21,22)19-10-9-16(20)18-12-14-6-2-3-8-17(14)23-18/h2-8,11-12,16,19-20H,9-10H2,1H3. The minimum atomic E-state index is -3.58. The largest absolute Gasteiger partial charge is 0.458 e. The van der Waals surface area contributed by atoms with Gasteiger partial charge in [0.25, 0.3) is 0 Å². The molecule has 6 heteroatoms. The van der Waals surface area contributed by atoms with Crippen LogP contribution in [0.2, 0.25) is 0 Å². The topological polar surface area (TPSA) is 79.5 Å². The number of fused-ring (bicyclic) bond motifs is 1. The SMILES string of the molecule is Cc1cccc(S(=O)(=O)NCCC(O)c2cc3ccccc3o2)c1. The summed E-state index contributed by atoms with van der Waals surface area (Å²) in [5.41, 5.74) is 1.58. The maximum Gasteiger partial charge on any atom is 0.240 e. The van der Waals surface area contributed by atoms with E-state index in [0.717, 1.165) is 10.9 Å². The second-order valence-corrected chi connectivity index (χ2v) is 7.47. The number of nitrogens with one attached hydrogen (secondary N) is 1. The number of rotatable bonds is 6. The molecule has 0 bridgehead atoms. The number of aliphatic hydroxyl groups excluding tert-OH is 1. The van der Waals surface area contributed by atoms with E-state index in [1.54, 1.807) is 24.3 Å². The number of aliphatic hydroxyl groups is 1. The van der Waals surface area contributed by atoms with Crippen LogP contribution in [-0.4, -0.2) is 20.1 Å². The lowest BCUT2D eigenvalue weighted by molar-refractivity contribution is 0.144. The molecule has 24 heavy (non-hydrogen) atoms. The van der Waals surface area contributed by atoms with Gasteiger partial charge in [-0.3, -0.25) is 0 Å². The molecule has 0 radical (unpaired) electrons. The first-order valence-corrected chi connectivity index (χ1v) is 9.17. The van der Waals surface area contributed by atoms with Gasteiger partial charge in [-0.1, -0.05) is 30.3 Å². The van der Waals surface area contributed by atoms with Gasteiger partial charge in [0.2, 0.25) is 10.0 Å². The van der Waals surface area contributed by atoms with Crippen molar-refractivity contribution in [3.8, 4) is 0 Å². The van der Waals surface area contributed by atoms with Crippen LogP contribution in [0, 0.1) is 6.92 Å². The Balaban J connectivity index is 1.63. The van der Waals surface area contributed by atoms with Crippen LogP contribution >= 0.6 is 0 Å². The molecule has 0 saturated heterocycles. The molecule has 0 aliphatic heterocycles. The maximum atomic E-state index is 12.2. The fourth-order valence-electron chi connectivity index (χ4n) is 2.50. The van der Waals surface area contributed by atoms with Crippen LogP contribution in [0.3, 0.4) is 0 Å². The molecular formula is C18H19NO4S. The highest BCUT2D eigenvalue weighted by molar-refractivity contribution is 7.89. The van der Waals surface area contributed by atoms with E-state index in [9.17, 15) is 13.5 Å². The third-order valence-electron chi connectivity index (χ3n) is 3.78. The summed E-state index contributed by atoms with van der Waals surface area (Å²) in [6.45, 7) is 1.96. The van der Waals surface area contributed by atoms with Crippen LogP contribution in [0.15, 0.2) is 63.9 Å². The van der Waals surface area contributed by atoms with Crippen LogP contribution in [-0.2, 0) is 10.0 Å². The predicted molar refractivity (Wildman–Crippen MR) is 92.2 cm³/mol. The number of benzene rings is 2. The summed E-state index contributed by atoms with van der Waals surface area (Å²) in [4.78, 5) is 0.223. The van der Waals surface area contributed by atoms with Gasteiger partial charge in [0.1, 0.15) is 17.4 Å². The molecule has 126 valence electrons. The lowest BCUT2D eigenvalue weighted by atomic mass is 10.2. The number of hydrogen-bond donors (Lipinski definition) is 2. The Kier molecular flexibility index (Phi) is 4.71. The monoisotopic (exact) mass is 345 g/mol. The molecule has 3 aromatic rings. The number of para-hydroxylation sites is 1. The van der Waals surface area contributed by atoms with Crippen molar-refractivity contribution in [1.29, 1.82) is 0 Å². The molecule has 3 rings (SSSR count). The predicted octanol–water partition coefficient (Wildman–Crippen LogP) is 3.14. The van der Waals surface area contributed by atoms with Crippen LogP contribution in [0.5, 0.6) is 0 Å². The Morgan fingerprint density at radius 1 is 1.12 bits per heavy atom. The summed E-state index contributed by atoms with van der Waals surface area (Å²) >= 11 is 0. The van der Waals surface area contributed by atoms with Crippen molar-refractivity contribution >= 4 is 21.0 Å². The van der Waals surface area contributed by atoms with E-state index in [4.69, 9.17) is 4.42 Å². The molecule has 1 unspecified atom stereocenters. The van der Waals surface area contributed by atoms with Gasteiger partial charge in [-0.05, 0) is 43.2 Å². The molecule has 5 nitrogen and oxygen atoms in total. The molecule has 2 aromatic carbocycles. The lowest BCUT2D eigenvalue weighted by Gasteiger charge is -2.10. The number of aryl methyl sites for hydroxylation is 1. The number of furan rings is 1. The van der Waals surface area contributed by atoms with E-state index in [0.29, 0.717) is 11.3 Å². The van der Waals surface area contributed by atoms with Gasteiger partial charge in [-0.25, -0.2) is 13.1 Å². The zero-order valence-electron chi connectivity index (χ0n) is 13.3. The average molecular weight is 345 g/mol. The third kappa shape index (κ3) is 3.67. The summed E-state index contributed by atoms with van der Waals surface area (Å²) in [5.74, 6) is 0.436. The van der Waals surface area contributed by atoms with Gasteiger partial charge in [0.15, 0.2) is 0 Å². The van der Waals surface area contributed by atoms with E-state index >= 15 is 0 Å². The van der Waals surface area contributed by atoms with Crippen molar-refractivity contribution in [3.63, 3.8) is 0 Å². The van der Waals surface area contributed by atoms with Gasteiger partial charge in [0, 0.05) is 11.9 Å². The van der Waals surface area contributed by atoms with Crippen molar-refractivity contribution < 1.29 is 17.9 Å². The van der Waals surface area contributed by atoms with Crippen molar-refractivity contribution in [2.75, 3.05) is 6.54 Å². The van der Waals surface area contributed by atoms with Crippen molar-refractivity contribution in [2.45, 2.75) is 24.3 Å². The summed E-state index contributed by atoms with van der Waals surface area (Å²) in [5, 5.41) is 11.1. The first-order chi connectivity index (χ1) is 11.5. The lowest BCUT2D eigenvalue weighted by Crippen LogP contribution is -2.26. The Morgan fingerprint density at radius 2 is 1.92 bits per heavy atom.